The highest BCUT2D eigenvalue weighted by molar-refractivity contribution is 5.71. The zero-order valence-electron chi connectivity index (χ0n) is 11.0. The van der Waals surface area contributed by atoms with E-state index in [1.54, 1.807) is 6.07 Å². The Bertz CT molecular complexity index is 482. The molecule has 0 saturated carbocycles. The monoisotopic (exact) mass is 251 g/mol. The number of carbonyl (C=O) groups excluding carboxylic acids is 1. The first-order valence-electron chi connectivity index (χ1n) is 5.78. The van der Waals surface area contributed by atoms with Gasteiger partial charge in [-0.2, -0.15) is 0 Å². The first-order valence-corrected chi connectivity index (χ1v) is 5.78. The summed E-state index contributed by atoms with van der Waals surface area (Å²) < 4.78 is 16.5. The fourth-order valence-electron chi connectivity index (χ4n) is 1.75. The Morgan fingerprint density at radius 2 is 2.17 bits per heavy atom. The summed E-state index contributed by atoms with van der Waals surface area (Å²) in [6.45, 7) is 6.05. The molecule has 18 heavy (non-hydrogen) atoms. The van der Waals surface area contributed by atoms with Crippen LogP contribution in [0.3, 0.4) is 0 Å². The number of amides is 1. The Hall–Kier alpha value is -1.75. The molecule has 1 aliphatic rings. The zero-order chi connectivity index (χ0) is 13.3. The summed E-state index contributed by atoms with van der Waals surface area (Å²) in [7, 11) is 1.51. The van der Waals surface area contributed by atoms with Gasteiger partial charge in [-0.25, -0.2) is 4.79 Å². The molecule has 0 saturated heterocycles. The standard InChI is InChI=1S/C13H17NO4/c1-8-5-6-10(17-12(15)14-4)11-9(8)7-16-13(2,3)18-11/h5-6H,7H2,1-4H3,(H,14,15). The van der Waals surface area contributed by atoms with E-state index >= 15 is 0 Å². The summed E-state index contributed by atoms with van der Waals surface area (Å²) in [4.78, 5) is 11.3. The number of hydrogen-bond acceptors (Lipinski definition) is 4. The van der Waals surface area contributed by atoms with Gasteiger partial charge in [-0.1, -0.05) is 6.07 Å². The van der Waals surface area contributed by atoms with Gasteiger partial charge in [0.05, 0.1) is 6.61 Å². The average molecular weight is 251 g/mol. The van der Waals surface area contributed by atoms with Gasteiger partial charge < -0.3 is 19.5 Å². The molecule has 1 amide bonds. The molecule has 2 rings (SSSR count). The Labute approximate surface area is 106 Å². The van der Waals surface area contributed by atoms with Gasteiger partial charge >= 0.3 is 6.09 Å². The van der Waals surface area contributed by atoms with Crippen molar-refractivity contribution in [3.05, 3.63) is 23.3 Å². The van der Waals surface area contributed by atoms with Crippen molar-refractivity contribution in [2.75, 3.05) is 7.05 Å². The van der Waals surface area contributed by atoms with E-state index in [0.29, 0.717) is 18.1 Å². The number of rotatable bonds is 1. The van der Waals surface area contributed by atoms with Crippen molar-refractivity contribution in [1.29, 1.82) is 0 Å². The molecule has 5 nitrogen and oxygen atoms in total. The maximum atomic E-state index is 11.3. The predicted octanol–water partition coefficient (Wildman–Crippen LogP) is 2.36. The van der Waals surface area contributed by atoms with Crippen LogP contribution in [0, 0.1) is 6.92 Å². The van der Waals surface area contributed by atoms with E-state index in [1.807, 2.05) is 26.8 Å². The summed E-state index contributed by atoms with van der Waals surface area (Å²) in [5, 5.41) is 2.41. The number of carbonyl (C=O) groups is 1. The number of ether oxygens (including phenoxy) is 3. The second-order valence-electron chi connectivity index (χ2n) is 4.62. The molecule has 0 unspecified atom stereocenters. The van der Waals surface area contributed by atoms with Crippen molar-refractivity contribution in [2.24, 2.45) is 0 Å². The second-order valence-corrected chi connectivity index (χ2v) is 4.62. The van der Waals surface area contributed by atoms with Gasteiger partial charge in [-0.15, -0.1) is 0 Å². The molecule has 0 aromatic heterocycles. The fraction of sp³-hybridized carbons (Fsp3) is 0.462. The molecule has 5 heteroatoms. The first kappa shape index (κ1) is 12.7. The topological polar surface area (TPSA) is 56.8 Å². The first-order chi connectivity index (χ1) is 8.43. The van der Waals surface area contributed by atoms with Gasteiger partial charge in [0.1, 0.15) is 0 Å². The number of aryl methyl sites for hydroxylation is 1. The summed E-state index contributed by atoms with van der Waals surface area (Å²) in [5.74, 6) is 0.267. The lowest BCUT2D eigenvalue weighted by Crippen LogP contribution is -2.36. The van der Waals surface area contributed by atoms with Crippen molar-refractivity contribution in [3.63, 3.8) is 0 Å². The minimum Gasteiger partial charge on any atom is -0.459 e. The lowest BCUT2D eigenvalue weighted by molar-refractivity contribution is -0.180. The van der Waals surface area contributed by atoms with Crippen molar-refractivity contribution >= 4 is 6.09 Å². The summed E-state index contributed by atoms with van der Waals surface area (Å²) in [5.41, 5.74) is 1.96. The van der Waals surface area contributed by atoms with E-state index in [2.05, 4.69) is 5.32 Å². The third-order valence-electron chi connectivity index (χ3n) is 2.78. The SMILES string of the molecule is CNC(=O)Oc1ccc(C)c2c1OC(C)(C)OC2. The highest BCUT2D eigenvalue weighted by Crippen LogP contribution is 2.40. The van der Waals surface area contributed by atoms with Gasteiger partial charge in [0.15, 0.2) is 11.5 Å². The molecule has 1 heterocycles. The largest absolute Gasteiger partial charge is 0.459 e. The minimum absolute atomic E-state index is 0.409. The van der Waals surface area contributed by atoms with Crippen LogP contribution in [0.1, 0.15) is 25.0 Å². The molecule has 0 aliphatic carbocycles. The number of fused-ring (bicyclic) bond motifs is 1. The van der Waals surface area contributed by atoms with Gasteiger partial charge in [-0.3, -0.25) is 0 Å². The van der Waals surface area contributed by atoms with Gasteiger partial charge in [0.2, 0.25) is 5.79 Å². The number of benzene rings is 1. The molecule has 98 valence electrons. The molecule has 1 aliphatic heterocycles. The summed E-state index contributed by atoms with van der Waals surface area (Å²) in [6, 6.07) is 3.60. The molecule has 1 aromatic rings. The molecule has 0 radical (unpaired) electrons. The van der Waals surface area contributed by atoms with E-state index in [1.165, 1.54) is 7.05 Å². The molecule has 1 N–H and O–H groups in total. The fourth-order valence-corrected chi connectivity index (χ4v) is 1.75. The van der Waals surface area contributed by atoms with E-state index in [9.17, 15) is 4.79 Å². The van der Waals surface area contributed by atoms with Crippen molar-refractivity contribution in [1.82, 2.24) is 5.32 Å². The maximum Gasteiger partial charge on any atom is 0.412 e. The van der Waals surface area contributed by atoms with Gasteiger partial charge in [0.25, 0.3) is 0 Å². The van der Waals surface area contributed by atoms with Crippen LogP contribution in [0.2, 0.25) is 0 Å². The molecule has 1 aromatic carbocycles. The van der Waals surface area contributed by atoms with Gasteiger partial charge in [0, 0.05) is 26.5 Å². The predicted molar refractivity (Wildman–Crippen MR) is 65.8 cm³/mol. The van der Waals surface area contributed by atoms with Crippen LogP contribution in [-0.2, 0) is 11.3 Å². The Balaban J connectivity index is 2.40. The van der Waals surface area contributed by atoms with Crippen LogP contribution in [0.5, 0.6) is 11.5 Å². The molecular weight excluding hydrogens is 234 g/mol. The smallest absolute Gasteiger partial charge is 0.412 e. The minimum atomic E-state index is -0.721. The maximum absolute atomic E-state index is 11.3. The summed E-state index contributed by atoms with van der Waals surface area (Å²) in [6.07, 6.45) is -0.519. The van der Waals surface area contributed by atoms with E-state index in [-0.39, 0.29) is 0 Å². The average Bonchev–Trinajstić information content (AvgIpc) is 2.31. The van der Waals surface area contributed by atoms with E-state index in [0.717, 1.165) is 11.1 Å². The van der Waals surface area contributed by atoms with Crippen molar-refractivity contribution in [3.8, 4) is 11.5 Å². The Kier molecular flexibility index (Phi) is 3.17. The number of nitrogens with one attached hydrogen (secondary N) is 1. The lowest BCUT2D eigenvalue weighted by atomic mass is 10.1. The van der Waals surface area contributed by atoms with Crippen LogP contribution >= 0.6 is 0 Å². The quantitative estimate of drug-likeness (QED) is 0.832. The van der Waals surface area contributed by atoms with Crippen LogP contribution < -0.4 is 14.8 Å². The Morgan fingerprint density at radius 3 is 2.83 bits per heavy atom. The lowest BCUT2D eigenvalue weighted by Gasteiger charge is -2.34. The van der Waals surface area contributed by atoms with Crippen LogP contribution in [0.25, 0.3) is 0 Å². The molecule has 0 bridgehead atoms. The zero-order valence-corrected chi connectivity index (χ0v) is 11.0. The number of hydrogen-bond donors (Lipinski definition) is 1. The highest BCUT2D eigenvalue weighted by Gasteiger charge is 2.31. The summed E-state index contributed by atoms with van der Waals surface area (Å²) >= 11 is 0. The Morgan fingerprint density at radius 1 is 1.44 bits per heavy atom. The van der Waals surface area contributed by atoms with Crippen LogP contribution in [0.4, 0.5) is 4.79 Å². The van der Waals surface area contributed by atoms with Crippen LogP contribution in [-0.4, -0.2) is 18.9 Å². The molecule has 0 atom stereocenters. The molecular formula is C13H17NO4. The molecule has 0 fully saturated rings. The second kappa shape index (κ2) is 4.49. The van der Waals surface area contributed by atoms with Gasteiger partial charge in [-0.05, 0) is 18.6 Å². The van der Waals surface area contributed by atoms with Crippen molar-refractivity contribution < 1.29 is 19.0 Å². The molecule has 0 spiro atoms. The van der Waals surface area contributed by atoms with E-state index in [4.69, 9.17) is 14.2 Å². The van der Waals surface area contributed by atoms with Crippen LogP contribution in [0.15, 0.2) is 12.1 Å². The van der Waals surface area contributed by atoms with E-state index < -0.39 is 11.9 Å². The highest BCUT2D eigenvalue weighted by atomic mass is 16.7. The third-order valence-corrected chi connectivity index (χ3v) is 2.78. The van der Waals surface area contributed by atoms with Crippen molar-refractivity contribution in [2.45, 2.75) is 33.2 Å². The third kappa shape index (κ3) is 2.41. The normalized spacial score (nSPS) is 16.4.